The van der Waals surface area contributed by atoms with Crippen molar-refractivity contribution in [3.05, 3.63) is 11.9 Å². The first-order chi connectivity index (χ1) is 8.26. The van der Waals surface area contributed by atoms with Crippen molar-refractivity contribution in [2.75, 3.05) is 32.2 Å². The van der Waals surface area contributed by atoms with Gasteiger partial charge in [-0.2, -0.15) is 4.98 Å². The Bertz CT molecular complexity index is 332. The quantitative estimate of drug-likeness (QED) is 0.703. The van der Waals surface area contributed by atoms with Crippen molar-refractivity contribution in [2.45, 2.75) is 26.7 Å². The van der Waals surface area contributed by atoms with E-state index in [0.29, 0.717) is 24.9 Å². The highest BCUT2D eigenvalue weighted by Crippen LogP contribution is 2.13. The number of aryl methyl sites for hydroxylation is 1. The van der Waals surface area contributed by atoms with Gasteiger partial charge in [-0.3, -0.25) is 0 Å². The van der Waals surface area contributed by atoms with Crippen molar-refractivity contribution in [1.82, 2.24) is 9.97 Å². The van der Waals surface area contributed by atoms with Crippen molar-refractivity contribution in [3.63, 3.8) is 0 Å². The summed E-state index contributed by atoms with van der Waals surface area (Å²) in [5.74, 6) is 2.15. The highest BCUT2D eigenvalue weighted by molar-refractivity contribution is 5.38. The predicted molar refractivity (Wildman–Crippen MR) is 67.5 cm³/mol. The maximum absolute atomic E-state index is 5.54. The number of hydrogen-bond donors (Lipinski definition) is 1. The molecular weight excluding hydrogens is 218 g/mol. The molecule has 1 aromatic heterocycles. The summed E-state index contributed by atoms with van der Waals surface area (Å²) in [5.41, 5.74) is 0. The molecule has 0 unspecified atom stereocenters. The largest absolute Gasteiger partial charge is 0.477 e. The number of rotatable bonds is 8. The van der Waals surface area contributed by atoms with E-state index in [1.165, 1.54) is 0 Å². The molecule has 0 amide bonds. The van der Waals surface area contributed by atoms with Crippen molar-refractivity contribution in [3.8, 4) is 5.88 Å². The predicted octanol–water partition coefficient (Wildman–Crippen LogP) is 2.02. The van der Waals surface area contributed by atoms with Crippen molar-refractivity contribution in [2.24, 2.45) is 0 Å². The molecule has 0 fully saturated rings. The summed E-state index contributed by atoms with van der Waals surface area (Å²) >= 11 is 0. The first kappa shape index (κ1) is 13.7. The van der Waals surface area contributed by atoms with Crippen LogP contribution in [0.25, 0.3) is 0 Å². The van der Waals surface area contributed by atoms with Gasteiger partial charge in [0.2, 0.25) is 5.88 Å². The van der Waals surface area contributed by atoms with E-state index in [4.69, 9.17) is 9.47 Å². The van der Waals surface area contributed by atoms with Gasteiger partial charge in [-0.05, 0) is 13.3 Å². The van der Waals surface area contributed by atoms with Gasteiger partial charge in [0, 0.05) is 32.7 Å². The molecule has 17 heavy (non-hydrogen) atoms. The van der Waals surface area contributed by atoms with Crippen LogP contribution in [0.1, 0.15) is 25.6 Å². The molecule has 1 N–H and O–H groups in total. The second-order valence-corrected chi connectivity index (χ2v) is 3.76. The van der Waals surface area contributed by atoms with Crippen molar-refractivity contribution in [1.29, 1.82) is 0 Å². The lowest BCUT2D eigenvalue weighted by Crippen LogP contribution is -2.07. The van der Waals surface area contributed by atoms with Crippen LogP contribution in [0.3, 0.4) is 0 Å². The Morgan fingerprint density at radius 3 is 2.82 bits per heavy atom. The van der Waals surface area contributed by atoms with Gasteiger partial charge in [0.25, 0.3) is 0 Å². The van der Waals surface area contributed by atoms with Crippen LogP contribution >= 0.6 is 0 Å². The summed E-state index contributed by atoms with van der Waals surface area (Å²) in [7, 11) is 1.68. The third-order valence-electron chi connectivity index (χ3n) is 2.11. The van der Waals surface area contributed by atoms with E-state index in [1.807, 2.05) is 13.0 Å². The lowest BCUT2D eigenvalue weighted by molar-refractivity contribution is 0.170. The van der Waals surface area contributed by atoms with Gasteiger partial charge in [0.1, 0.15) is 11.6 Å². The van der Waals surface area contributed by atoms with E-state index in [-0.39, 0.29) is 0 Å². The summed E-state index contributed by atoms with van der Waals surface area (Å²) in [6.07, 6.45) is 1.92. The molecule has 0 atom stereocenters. The minimum Gasteiger partial charge on any atom is -0.477 e. The molecule has 5 nitrogen and oxygen atoms in total. The first-order valence-electron chi connectivity index (χ1n) is 5.97. The van der Waals surface area contributed by atoms with Gasteiger partial charge >= 0.3 is 0 Å². The number of ether oxygens (including phenoxy) is 2. The van der Waals surface area contributed by atoms with E-state index in [9.17, 15) is 0 Å². The summed E-state index contributed by atoms with van der Waals surface area (Å²) < 4.78 is 10.5. The molecule has 0 radical (unpaired) electrons. The summed E-state index contributed by atoms with van der Waals surface area (Å²) in [4.78, 5) is 8.51. The Labute approximate surface area is 103 Å². The van der Waals surface area contributed by atoms with Crippen molar-refractivity contribution < 1.29 is 9.47 Å². The normalized spacial score (nSPS) is 10.3. The summed E-state index contributed by atoms with van der Waals surface area (Å²) in [6.45, 7) is 6.18. The number of aromatic nitrogens is 2. The van der Waals surface area contributed by atoms with Crippen LogP contribution in [0.4, 0.5) is 5.82 Å². The van der Waals surface area contributed by atoms with Crippen LogP contribution < -0.4 is 10.1 Å². The van der Waals surface area contributed by atoms with Gasteiger partial charge in [0.15, 0.2) is 0 Å². The molecule has 96 valence electrons. The molecule has 1 rings (SSSR count). The number of hydrogen-bond acceptors (Lipinski definition) is 5. The topological polar surface area (TPSA) is 56.3 Å². The van der Waals surface area contributed by atoms with Gasteiger partial charge in [-0.25, -0.2) is 4.98 Å². The van der Waals surface area contributed by atoms with E-state index >= 15 is 0 Å². The second kappa shape index (κ2) is 7.84. The Morgan fingerprint density at radius 2 is 2.12 bits per heavy atom. The molecule has 0 saturated heterocycles. The van der Waals surface area contributed by atoms with E-state index < -0.39 is 0 Å². The van der Waals surface area contributed by atoms with Crippen LogP contribution in [0.5, 0.6) is 5.88 Å². The van der Waals surface area contributed by atoms with E-state index in [2.05, 4.69) is 22.2 Å². The maximum Gasteiger partial charge on any atom is 0.218 e. The van der Waals surface area contributed by atoms with E-state index in [1.54, 1.807) is 7.11 Å². The average molecular weight is 239 g/mol. The molecule has 0 spiro atoms. The molecule has 0 aliphatic heterocycles. The van der Waals surface area contributed by atoms with Crippen LogP contribution in [0, 0.1) is 6.92 Å². The van der Waals surface area contributed by atoms with Gasteiger partial charge in [0.05, 0.1) is 6.61 Å². The fourth-order valence-electron chi connectivity index (χ4n) is 1.34. The van der Waals surface area contributed by atoms with Gasteiger partial charge in [-0.15, -0.1) is 0 Å². The molecule has 5 heteroatoms. The molecule has 0 bridgehead atoms. The summed E-state index contributed by atoms with van der Waals surface area (Å²) in [6, 6.07) is 1.83. The number of methoxy groups -OCH3 is 1. The van der Waals surface area contributed by atoms with Crippen LogP contribution in [0.15, 0.2) is 6.07 Å². The third-order valence-corrected chi connectivity index (χ3v) is 2.11. The van der Waals surface area contributed by atoms with Crippen LogP contribution in [0.2, 0.25) is 0 Å². The Hall–Kier alpha value is -1.36. The fraction of sp³-hybridized carbons (Fsp3) is 0.667. The monoisotopic (exact) mass is 239 g/mol. The third kappa shape index (κ3) is 5.49. The average Bonchev–Trinajstić information content (AvgIpc) is 2.31. The zero-order valence-corrected chi connectivity index (χ0v) is 10.8. The molecule has 1 aromatic rings. The molecule has 0 aromatic carbocycles. The standard InChI is InChI=1S/C12H21N3O2/c1-4-6-13-11-9-12(15-10(2)14-11)17-8-5-7-16-3/h9H,4-8H2,1-3H3,(H,13,14,15). The van der Waals surface area contributed by atoms with Crippen LogP contribution in [-0.4, -0.2) is 36.8 Å². The van der Waals surface area contributed by atoms with Gasteiger partial charge < -0.3 is 14.8 Å². The van der Waals surface area contributed by atoms with Crippen LogP contribution in [-0.2, 0) is 4.74 Å². The number of nitrogens with zero attached hydrogens (tertiary/aromatic N) is 2. The minimum absolute atomic E-state index is 0.609. The highest BCUT2D eigenvalue weighted by atomic mass is 16.5. The maximum atomic E-state index is 5.54. The molecule has 0 aliphatic rings. The van der Waals surface area contributed by atoms with Crippen molar-refractivity contribution >= 4 is 5.82 Å². The summed E-state index contributed by atoms with van der Waals surface area (Å²) in [5, 5.41) is 3.22. The Kier molecular flexibility index (Phi) is 6.32. The second-order valence-electron chi connectivity index (χ2n) is 3.76. The van der Waals surface area contributed by atoms with Gasteiger partial charge in [-0.1, -0.05) is 6.92 Å². The lowest BCUT2D eigenvalue weighted by atomic mass is 10.4. The Balaban J connectivity index is 2.50. The fourth-order valence-corrected chi connectivity index (χ4v) is 1.34. The molecule has 0 aliphatic carbocycles. The lowest BCUT2D eigenvalue weighted by Gasteiger charge is -2.08. The first-order valence-corrected chi connectivity index (χ1v) is 5.97. The molecule has 0 saturated carbocycles. The Morgan fingerprint density at radius 1 is 1.29 bits per heavy atom. The highest BCUT2D eigenvalue weighted by Gasteiger charge is 2.02. The number of anilines is 1. The SMILES string of the molecule is CCCNc1cc(OCCCOC)nc(C)n1. The number of nitrogens with one attached hydrogen (secondary N) is 1. The molecular formula is C12H21N3O2. The zero-order valence-electron chi connectivity index (χ0n) is 10.8. The minimum atomic E-state index is 0.609. The smallest absolute Gasteiger partial charge is 0.218 e. The zero-order chi connectivity index (χ0) is 12.5. The van der Waals surface area contributed by atoms with E-state index in [0.717, 1.165) is 25.2 Å². The molecule has 1 heterocycles.